The molecule has 0 fully saturated rings. The van der Waals surface area contributed by atoms with E-state index in [1.54, 1.807) is 12.1 Å². The van der Waals surface area contributed by atoms with Gasteiger partial charge in [0.05, 0.1) is 18.2 Å². The SMILES string of the molecule is N#Cc1ccc(OCCCc2cccc(N)c2)cc1. The van der Waals surface area contributed by atoms with Gasteiger partial charge in [-0.15, -0.1) is 0 Å². The second-order valence-corrected chi connectivity index (χ2v) is 4.33. The fourth-order valence-electron chi connectivity index (χ4n) is 1.84. The van der Waals surface area contributed by atoms with Crippen LogP contribution in [-0.2, 0) is 6.42 Å². The summed E-state index contributed by atoms with van der Waals surface area (Å²) in [5, 5.41) is 8.69. The van der Waals surface area contributed by atoms with Gasteiger partial charge in [0.1, 0.15) is 5.75 Å². The van der Waals surface area contributed by atoms with E-state index >= 15 is 0 Å². The van der Waals surface area contributed by atoms with E-state index in [9.17, 15) is 0 Å². The number of hydrogen-bond donors (Lipinski definition) is 1. The zero-order valence-corrected chi connectivity index (χ0v) is 10.7. The van der Waals surface area contributed by atoms with Gasteiger partial charge in [-0.25, -0.2) is 0 Å². The zero-order chi connectivity index (χ0) is 13.5. The van der Waals surface area contributed by atoms with Gasteiger partial charge in [0.2, 0.25) is 0 Å². The van der Waals surface area contributed by atoms with Gasteiger partial charge in [-0.2, -0.15) is 5.26 Å². The van der Waals surface area contributed by atoms with Crippen LogP contribution in [0.4, 0.5) is 5.69 Å². The van der Waals surface area contributed by atoms with Gasteiger partial charge in [0.25, 0.3) is 0 Å². The Labute approximate surface area is 113 Å². The molecule has 96 valence electrons. The topological polar surface area (TPSA) is 59.0 Å². The van der Waals surface area contributed by atoms with Crippen molar-refractivity contribution in [1.82, 2.24) is 0 Å². The summed E-state index contributed by atoms with van der Waals surface area (Å²) in [6.07, 6.45) is 1.88. The van der Waals surface area contributed by atoms with Crippen molar-refractivity contribution in [1.29, 1.82) is 5.26 Å². The largest absolute Gasteiger partial charge is 0.494 e. The van der Waals surface area contributed by atoms with Gasteiger partial charge < -0.3 is 10.5 Å². The van der Waals surface area contributed by atoms with E-state index in [0.29, 0.717) is 12.2 Å². The molecule has 0 aliphatic heterocycles. The predicted octanol–water partition coefficient (Wildman–Crippen LogP) is 3.15. The number of hydrogen-bond acceptors (Lipinski definition) is 3. The minimum Gasteiger partial charge on any atom is -0.494 e. The molecule has 2 N–H and O–H groups in total. The molecule has 0 bridgehead atoms. The first-order valence-corrected chi connectivity index (χ1v) is 6.25. The minimum absolute atomic E-state index is 0.645. The Hall–Kier alpha value is -2.47. The normalized spacial score (nSPS) is 9.84. The van der Waals surface area contributed by atoms with Crippen LogP contribution < -0.4 is 10.5 Å². The summed E-state index contributed by atoms with van der Waals surface area (Å²) in [5.74, 6) is 0.798. The van der Waals surface area contributed by atoms with Crippen LogP contribution in [0.5, 0.6) is 5.75 Å². The summed E-state index contributed by atoms with van der Waals surface area (Å²) in [7, 11) is 0. The first kappa shape index (κ1) is 13.0. The number of nitrogen functional groups attached to an aromatic ring is 1. The summed E-state index contributed by atoms with van der Waals surface area (Å²) in [6.45, 7) is 0.653. The molecular weight excluding hydrogens is 236 g/mol. The van der Waals surface area contributed by atoms with Crippen molar-refractivity contribution in [2.45, 2.75) is 12.8 Å². The Bertz CT molecular complexity index is 570. The highest BCUT2D eigenvalue weighted by Gasteiger charge is 1.97. The van der Waals surface area contributed by atoms with Crippen LogP contribution in [0.15, 0.2) is 48.5 Å². The van der Waals surface area contributed by atoms with Gasteiger partial charge >= 0.3 is 0 Å². The first-order chi connectivity index (χ1) is 9.28. The van der Waals surface area contributed by atoms with E-state index in [4.69, 9.17) is 15.7 Å². The molecular formula is C16H16N2O. The maximum atomic E-state index is 8.69. The summed E-state index contributed by atoms with van der Waals surface area (Å²) in [6, 6.07) is 17.1. The second-order valence-electron chi connectivity index (χ2n) is 4.33. The van der Waals surface area contributed by atoms with Crippen LogP contribution in [0.25, 0.3) is 0 Å². The minimum atomic E-state index is 0.645. The lowest BCUT2D eigenvalue weighted by molar-refractivity contribution is 0.311. The molecule has 3 nitrogen and oxygen atoms in total. The molecule has 0 amide bonds. The lowest BCUT2D eigenvalue weighted by Gasteiger charge is -2.06. The van der Waals surface area contributed by atoms with Crippen molar-refractivity contribution in [3.63, 3.8) is 0 Å². The van der Waals surface area contributed by atoms with Crippen LogP contribution in [0.3, 0.4) is 0 Å². The number of anilines is 1. The fraction of sp³-hybridized carbons (Fsp3) is 0.188. The van der Waals surface area contributed by atoms with Crippen molar-refractivity contribution in [3.05, 3.63) is 59.7 Å². The highest BCUT2D eigenvalue weighted by molar-refractivity contribution is 5.40. The van der Waals surface area contributed by atoms with E-state index in [1.165, 1.54) is 5.56 Å². The lowest BCUT2D eigenvalue weighted by atomic mass is 10.1. The molecule has 2 aromatic carbocycles. The summed E-state index contributed by atoms with van der Waals surface area (Å²) in [5.41, 5.74) is 8.39. The van der Waals surface area contributed by atoms with Gasteiger partial charge in [0, 0.05) is 5.69 Å². The maximum absolute atomic E-state index is 8.69. The predicted molar refractivity (Wildman–Crippen MR) is 75.8 cm³/mol. The Morgan fingerprint density at radius 3 is 2.58 bits per heavy atom. The highest BCUT2D eigenvalue weighted by Crippen LogP contribution is 2.13. The number of ether oxygens (including phenoxy) is 1. The number of nitrogens with two attached hydrogens (primary N) is 1. The number of aryl methyl sites for hydroxylation is 1. The first-order valence-electron chi connectivity index (χ1n) is 6.25. The molecule has 2 rings (SSSR count). The average Bonchev–Trinajstić information content (AvgIpc) is 2.44. The third kappa shape index (κ3) is 4.04. The van der Waals surface area contributed by atoms with Gasteiger partial charge in [-0.3, -0.25) is 0 Å². The summed E-state index contributed by atoms with van der Waals surface area (Å²) < 4.78 is 5.62. The molecule has 19 heavy (non-hydrogen) atoms. The van der Waals surface area contributed by atoms with Crippen molar-refractivity contribution < 1.29 is 4.74 Å². The van der Waals surface area contributed by atoms with E-state index in [2.05, 4.69) is 12.1 Å². The molecule has 0 saturated heterocycles. The Kier molecular flexibility index (Phi) is 4.41. The summed E-state index contributed by atoms with van der Waals surface area (Å²) >= 11 is 0. The molecule has 2 aromatic rings. The fourth-order valence-corrected chi connectivity index (χ4v) is 1.84. The molecule has 0 spiro atoms. The van der Waals surface area contributed by atoms with Gasteiger partial charge in [-0.1, -0.05) is 12.1 Å². The van der Waals surface area contributed by atoms with Crippen molar-refractivity contribution in [3.8, 4) is 11.8 Å². The van der Waals surface area contributed by atoms with E-state index < -0.39 is 0 Å². The van der Waals surface area contributed by atoms with Crippen LogP contribution in [0.1, 0.15) is 17.5 Å². The van der Waals surface area contributed by atoms with E-state index in [1.807, 2.05) is 30.3 Å². The number of nitrogens with zero attached hydrogens (tertiary/aromatic N) is 1. The monoisotopic (exact) mass is 252 g/mol. The second kappa shape index (κ2) is 6.46. The van der Waals surface area contributed by atoms with Crippen LogP contribution >= 0.6 is 0 Å². The van der Waals surface area contributed by atoms with Gasteiger partial charge in [-0.05, 0) is 54.8 Å². The van der Waals surface area contributed by atoms with Crippen molar-refractivity contribution >= 4 is 5.69 Å². The van der Waals surface area contributed by atoms with Crippen LogP contribution in [-0.4, -0.2) is 6.61 Å². The molecule has 3 heteroatoms. The standard InChI is InChI=1S/C16H16N2O/c17-12-14-6-8-16(9-7-14)19-10-2-4-13-3-1-5-15(18)11-13/h1,3,5-9,11H,2,4,10,18H2. The Balaban J connectivity index is 1.76. The highest BCUT2D eigenvalue weighted by atomic mass is 16.5. The molecule has 0 heterocycles. The van der Waals surface area contributed by atoms with Crippen LogP contribution in [0.2, 0.25) is 0 Å². The number of benzene rings is 2. The lowest BCUT2D eigenvalue weighted by Crippen LogP contribution is -1.99. The van der Waals surface area contributed by atoms with Crippen molar-refractivity contribution in [2.75, 3.05) is 12.3 Å². The third-order valence-electron chi connectivity index (χ3n) is 2.81. The average molecular weight is 252 g/mol. The number of nitriles is 1. The molecule has 0 aliphatic rings. The third-order valence-corrected chi connectivity index (χ3v) is 2.81. The molecule has 0 aromatic heterocycles. The quantitative estimate of drug-likeness (QED) is 0.657. The van der Waals surface area contributed by atoms with E-state index in [-0.39, 0.29) is 0 Å². The molecule has 0 atom stereocenters. The van der Waals surface area contributed by atoms with E-state index in [0.717, 1.165) is 24.3 Å². The van der Waals surface area contributed by atoms with Crippen LogP contribution in [0, 0.1) is 11.3 Å². The molecule has 0 radical (unpaired) electrons. The van der Waals surface area contributed by atoms with Crippen molar-refractivity contribution in [2.24, 2.45) is 0 Å². The van der Waals surface area contributed by atoms with Gasteiger partial charge in [0.15, 0.2) is 0 Å². The molecule has 0 unspecified atom stereocenters. The molecule has 0 saturated carbocycles. The summed E-state index contributed by atoms with van der Waals surface area (Å²) in [4.78, 5) is 0. The Morgan fingerprint density at radius 2 is 1.89 bits per heavy atom. The molecule has 0 aliphatic carbocycles. The smallest absolute Gasteiger partial charge is 0.119 e. The zero-order valence-electron chi connectivity index (χ0n) is 10.7. The maximum Gasteiger partial charge on any atom is 0.119 e. The number of rotatable bonds is 5. The Morgan fingerprint density at radius 1 is 1.11 bits per heavy atom.